The van der Waals surface area contributed by atoms with Crippen LogP contribution in [0.25, 0.3) is 6.08 Å². The number of carbonyl (C=O) groups excluding carboxylic acids is 2. The SMILES string of the molecule is CCOc1cc(/C=C2/NC(=O)NC2=O)c(Br)cc1OCc1ccccc1F. The minimum absolute atomic E-state index is 0.0398. The van der Waals surface area contributed by atoms with Gasteiger partial charge in [-0.3, -0.25) is 10.1 Å². The van der Waals surface area contributed by atoms with Crippen LogP contribution in [-0.4, -0.2) is 18.5 Å². The van der Waals surface area contributed by atoms with Crippen molar-refractivity contribution in [3.63, 3.8) is 0 Å². The van der Waals surface area contributed by atoms with Crippen LogP contribution in [0.4, 0.5) is 9.18 Å². The Morgan fingerprint density at radius 3 is 2.52 bits per heavy atom. The van der Waals surface area contributed by atoms with Gasteiger partial charge < -0.3 is 14.8 Å². The lowest BCUT2D eigenvalue weighted by molar-refractivity contribution is -0.115. The molecule has 1 saturated heterocycles. The number of imide groups is 1. The standard InChI is InChI=1S/C19H16BrFN2O4/c1-2-26-16-8-12(7-15-18(24)23-19(25)22-15)13(20)9-17(16)27-10-11-5-3-4-6-14(11)21/h3-9H,2,10H2,1H3,(H2,22,23,24,25)/b15-7+. The highest BCUT2D eigenvalue weighted by atomic mass is 79.9. The van der Waals surface area contributed by atoms with Crippen molar-refractivity contribution in [2.75, 3.05) is 6.61 Å². The van der Waals surface area contributed by atoms with Crippen molar-refractivity contribution in [2.24, 2.45) is 0 Å². The fraction of sp³-hybridized carbons (Fsp3) is 0.158. The topological polar surface area (TPSA) is 76.7 Å². The first-order valence-corrected chi connectivity index (χ1v) is 8.93. The van der Waals surface area contributed by atoms with Crippen LogP contribution in [0, 0.1) is 5.82 Å². The first-order valence-electron chi connectivity index (χ1n) is 8.14. The van der Waals surface area contributed by atoms with Gasteiger partial charge in [0.2, 0.25) is 0 Å². The van der Waals surface area contributed by atoms with Crippen molar-refractivity contribution in [3.8, 4) is 11.5 Å². The second-order valence-corrected chi connectivity index (χ2v) is 6.45. The van der Waals surface area contributed by atoms with Crippen molar-refractivity contribution in [3.05, 3.63) is 63.5 Å². The third kappa shape index (κ3) is 4.46. The number of hydrogen-bond donors (Lipinski definition) is 2. The average Bonchev–Trinajstić information content (AvgIpc) is 2.95. The van der Waals surface area contributed by atoms with Crippen LogP contribution in [0.15, 0.2) is 46.6 Å². The van der Waals surface area contributed by atoms with Crippen LogP contribution in [0.3, 0.4) is 0 Å². The highest BCUT2D eigenvalue weighted by Crippen LogP contribution is 2.35. The zero-order valence-corrected chi connectivity index (χ0v) is 15.9. The summed E-state index contributed by atoms with van der Waals surface area (Å²) >= 11 is 3.42. The summed E-state index contributed by atoms with van der Waals surface area (Å²) in [5, 5.41) is 4.56. The van der Waals surface area contributed by atoms with Gasteiger partial charge >= 0.3 is 6.03 Å². The smallest absolute Gasteiger partial charge is 0.326 e. The van der Waals surface area contributed by atoms with Gasteiger partial charge in [0.05, 0.1) is 6.61 Å². The molecule has 140 valence electrons. The fourth-order valence-electron chi connectivity index (χ4n) is 2.45. The summed E-state index contributed by atoms with van der Waals surface area (Å²) in [6.07, 6.45) is 1.52. The Labute approximate surface area is 163 Å². The summed E-state index contributed by atoms with van der Waals surface area (Å²) in [7, 11) is 0. The van der Waals surface area contributed by atoms with E-state index in [1.807, 2.05) is 6.92 Å². The van der Waals surface area contributed by atoms with E-state index in [1.165, 1.54) is 12.1 Å². The molecular formula is C19H16BrFN2O4. The monoisotopic (exact) mass is 434 g/mol. The Bertz CT molecular complexity index is 930. The molecule has 1 aliphatic heterocycles. The Morgan fingerprint density at radius 1 is 1.11 bits per heavy atom. The van der Waals surface area contributed by atoms with Gasteiger partial charge in [-0.15, -0.1) is 0 Å². The maximum atomic E-state index is 13.8. The molecule has 1 heterocycles. The van der Waals surface area contributed by atoms with Crippen molar-refractivity contribution in [1.82, 2.24) is 10.6 Å². The van der Waals surface area contributed by atoms with Crippen molar-refractivity contribution in [1.29, 1.82) is 0 Å². The summed E-state index contributed by atoms with van der Waals surface area (Å²) in [5.74, 6) is 0.00580. The van der Waals surface area contributed by atoms with E-state index in [2.05, 4.69) is 26.6 Å². The lowest BCUT2D eigenvalue weighted by atomic mass is 10.1. The van der Waals surface area contributed by atoms with Crippen LogP contribution in [0.2, 0.25) is 0 Å². The Hall–Kier alpha value is -2.87. The van der Waals surface area contributed by atoms with Crippen LogP contribution in [0.5, 0.6) is 11.5 Å². The van der Waals surface area contributed by atoms with E-state index < -0.39 is 11.9 Å². The van der Waals surface area contributed by atoms with Gasteiger partial charge in [-0.2, -0.15) is 0 Å². The fourth-order valence-corrected chi connectivity index (χ4v) is 2.89. The van der Waals surface area contributed by atoms with Gasteiger partial charge in [-0.25, -0.2) is 9.18 Å². The minimum atomic E-state index is -0.572. The lowest BCUT2D eigenvalue weighted by Gasteiger charge is -2.14. The molecule has 1 fully saturated rings. The largest absolute Gasteiger partial charge is 0.490 e. The van der Waals surface area contributed by atoms with E-state index in [4.69, 9.17) is 9.47 Å². The maximum absolute atomic E-state index is 13.8. The Balaban J connectivity index is 1.88. The molecule has 0 aliphatic carbocycles. The van der Waals surface area contributed by atoms with E-state index in [0.29, 0.717) is 33.7 Å². The number of rotatable bonds is 6. The number of urea groups is 1. The second kappa shape index (κ2) is 8.22. The van der Waals surface area contributed by atoms with Crippen LogP contribution in [0.1, 0.15) is 18.1 Å². The molecule has 0 aromatic heterocycles. The number of halogens is 2. The highest BCUT2D eigenvalue weighted by molar-refractivity contribution is 9.10. The molecule has 0 spiro atoms. The third-order valence-corrected chi connectivity index (χ3v) is 4.41. The first kappa shape index (κ1) is 18.9. The van der Waals surface area contributed by atoms with Gasteiger partial charge in [0, 0.05) is 10.0 Å². The number of benzene rings is 2. The minimum Gasteiger partial charge on any atom is -0.490 e. The molecule has 3 rings (SSSR count). The maximum Gasteiger partial charge on any atom is 0.326 e. The molecule has 2 aromatic carbocycles. The molecule has 0 unspecified atom stereocenters. The van der Waals surface area contributed by atoms with Gasteiger partial charge in [0.25, 0.3) is 5.91 Å². The summed E-state index contributed by atoms with van der Waals surface area (Å²) < 4.78 is 25.7. The summed E-state index contributed by atoms with van der Waals surface area (Å²) in [4.78, 5) is 22.9. The summed E-state index contributed by atoms with van der Waals surface area (Å²) in [5.41, 5.74) is 1.17. The molecule has 0 saturated carbocycles. The van der Waals surface area contributed by atoms with Gasteiger partial charge in [0.1, 0.15) is 18.1 Å². The number of amides is 3. The summed E-state index contributed by atoms with van der Waals surface area (Å²) in [6, 6.07) is 9.14. The van der Waals surface area contributed by atoms with E-state index >= 15 is 0 Å². The number of ether oxygens (including phenoxy) is 2. The van der Waals surface area contributed by atoms with Crippen molar-refractivity contribution >= 4 is 33.9 Å². The van der Waals surface area contributed by atoms with E-state index in [0.717, 1.165) is 0 Å². The predicted molar refractivity (Wildman–Crippen MR) is 101 cm³/mol. The van der Waals surface area contributed by atoms with Gasteiger partial charge in [0.15, 0.2) is 11.5 Å². The third-order valence-electron chi connectivity index (χ3n) is 3.72. The van der Waals surface area contributed by atoms with Crippen molar-refractivity contribution in [2.45, 2.75) is 13.5 Å². The quantitative estimate of drug-likeness (QED) is 0.536. The number of hydrogen-bond acceptors (Lipinski definition) is 4. The van der Waals surface area contributed by atoms with Crippen molar-refractivity contribution < 1.29 is 23.5 Å². The van der Waals surface area contributed by atoms with Gasteiger partial charge in [-0.05, 0) is 36.8 Å². The number of nitrogens with one attached hydrogen (secondary N) is 2. The Morgan fingerprint density at radius 2 is 1.85 bits per heavy atom. The molecule has 1 aliphatic rings. The number of carbonyl (C=O) groups is 2. The van der Waals surface area contributed by atoms with Crippen LogP contribution in [-0.2, 0) is 11.4 Å². The van der Waals surface area contributed by atoms with E-state index in [1.54, 1.807) is 30.3 Å². The molecule has 0 atom stereocenters. The zero-order valence-electron chi connectivity index (χ0n) is 14.3. The van der Waals surface area contributed by atoms with E-state index in [-0.39, 0.29) is 18.1 Å². The molecule has 0 radical (unpaired) electrons. The van der Waals surface area contributed by atoms with Crippen LogP contribution < -0.4 is 20.1 Å². The summed E-state index contributed by atoms with van der Waals surface area (Å²) in [6.45, 7) is 2.26. The molecule has 27 heavy (non-hydrogen) atoms. The molecule has 0 bridgehead atoms. The highest BCUT2D eigenvalue weighted by Gasteiger charge is 2.23. The Kier molecular flexibility index (Phi) is 5.75. The average molecular weight is 435 g/mol. The second-order valence-electron chi connectivity index (χ2n) is 5.60. The van der Waals surface area contributed by atoms with Crippen LogP contribution >= 0.6 is 15.9 Å². The predicted octanol–water partition coefficient (Wildman–Crippen LogP) is 3.75. The normalized spacial score (nSPS) is 14.9. The van der Waals surface area contributed by atoms with Gasteiger partial charge in [-0.1, -0.05) is 34.1 Å². The lowest BCUT2D eigenvalue weighted by Crippen LogP contribution is -2.22. The molecule has 2 aromatic rings. The molecule has 6 nitrogen and oxygen atoms in total. The molecule has 3 amide bonds. The first-order chi connectivity index (χ1) is 13.0. The zero-order chi connectivity index (χ0) is 19.4. The van der Waals surface area contributed by atoms with E-state index in [9.17, 15) is 14.0 Å². The molecular weight excluding hydrogens is 419 g/mol. The molecule has 2 N–H and O–H groups in total. The molecule has 8 heteroatoms.